The molecule has 0 radical (unpaired) electrons. The number of phenolic OH excluding ortho intramolecular Hbond substituents is 1. The summed E-state index contributed by atoms with van der Waals surface area (Å²) in [7, 11) is -1.70. The molecular weight excluding hydrogens is 311 g/mol. The summed E-state index contributed by atoms with van der Waals surface area (Å²) in [6, 6.07) is 29.7. The van der Waals surface area contributed by atoms with E-state index in [9.17, 15) is 5.11 Å². The monoisotopic (exact) mass is 335 g/mol. The molecule has 0 aliphatic carbocycles. The van der Waals surface area contributed by atoms with Crippen molar-refractivity contribution in [3.05, 3.63) is 84.9 Å². The van der Waals surface area contributed by atoms with Crippen LogP contribution in [0.4, 0.5) is 0 Å². The molecule has 1 nitrogen and oxygen atoms in total. The average molecular weight is 335 g/mol. The van der Waals surface area contributed by atoms with Gasteiger partial charge in [0.2, 0.25) is 0 Å². The first-order chi connectivity index (χ1) is 11.8. The van der Waals surface area contributed by atoms with Crippen LogP contribution in [0.3, 0.4) is 0 Å². The topological polar surface area (TPSA) is 20.2 Å². The van der Waals surface area contributed by atoms with E-state index in [2.05, 4.69) is 79.7 Å². The Balaban J connectivity index is 2.26. The van der Waals surface area contributed by atoms with Gasteiger partial charge < -0.3 is 5.11 Å². The molecule has 3 rings (SSSR count). The first-order valence-corrected chi connectivity index (χ1v) is 10.5. The van der Waals surface area contributed by atoms with Crippen LogP contribution < -0.4 is 15.9 Å². The maximum absolute atomic E-state index is 9.75. The second-order valence-corrected chi connectivity index (χ2v) is 9.69. The van der Waals surface area contributed by atoms with Crippen LogP contribution in [0.25, 0.3) is 0 Å². The van der Waals surface area contributed by atoms with Gasteiger partial charge in [-0.25, -0.2) is 0 Å². The largest absolute Gasteiger partial charge is 0.508 e. The second kappa shape index (κ2) is 7.64. The van der Waals surface area contributed by atoms with Gasteiger partial charge >= 0.3 is 0 Å². The first-order valence-electron chi connectivity index (χ1n) is 8.56. The Hall–Kier alpha value is -2.11. The smallest absolute Gasteiger partial charge is 0.115 e. The lowest BCUT2D eigenvalue weighted by Gasteiger charge is -2.27. The van der Waals surface area contributed by atoms with Crippen molar-refractivity contribution in [2.75, 3.05) is 6.16 Å². The highest BCUT2D eigenvalue weighted by atomic mass is 31.2. The summed E-state index contributed by atoms with van der Waals surface area (Å²) >= 11 is 0. The Morgan fingerprint density at radius 1 is 0.667 bits per heavy atom. The molecule has 0 aliphatic heterocycles. The zero-order chi connectivity index (χ0) is 16.8. The number of hydrogen-bond acceptors (Lipinski definition) is 1. The number of hydrogen-bond donors (Lipinski definition) is 1. The molecule has 0 aromatic heterocycles. The van der Waals surface area contributed by atoms with Crippen molar-refractivity contribution in [2.24, 2.45) is 0 Å². The molecule has 0 fully saturated rings. The van der Waals surface area contributed by atoms with Gasteiger partial charge in [-0.1, -0.05) is 49.7 Å². The van der Waals surface area contributed by atoms with E-state index >= 15 is 0 Å². The maximum atomic E-state index is 9.75. The standard InChI is InChI=1S/C22H23OP/c1-2-3-18-24(20-10-6-4-7-11-20,21-12-8-5-9-13-21)22-16-14-19(23)15-17-22/h4-17H,2-3,18H2,1H3/p+1. The second-order valence-electron chi connectivity index (χ2n) is 6.07. The van der Waals surface area contributed by atoms with E-state index in [1.54, 1.807) is 0 Å². The third-order valence-electron chi connectivity index (χ3n) is 4.53. The van der Waals surface area contributed by atoms with Crippen LogP contribution in [0, 0.1) is 0 Å². The van der Waals surface area contributed by atoms with Crippen LogP contribution in [-0.4, -0.2) is 11.3 Å². The van der Waals surface area contributed by atoms with Gasteiger partial charge in [0.1, 0.15) is 28.9 Å². The van der Waals surface area contributed by atoms with Crippen molar-refractivity contribution >= 4 is 23.2 Å². The molecular formula is C22H24OP+. The van der Waals surface area contributed by atoms with E-state index in [0.29, 0.717) is 5.75 Å². The molecule has 0 spiro atoms. The summed E-state index contributed by atoms with van der Waals surface area (Å²) < 4.78 is 0. The Bertz CT molecular complexity index is 711. The predicted molar refractivity (Wildman–Crippen MR) is 107 cm³/mol. The minimum atomic E-state index is -1.70. The van der Waals surface area contributed by atoms with Crippen LogP contribution in [0.2, 0.25) is 0 Å². The molecule has 0 heterocycles. The van der Waals surface area contributed by atoms with Gasteiger partial charge in [-0.15, -0.1) is 0 Å². The molecule has 24 heavy (non-hydrogen) atoms. The van der Waals surface area contributed by atoms with Crippen molar-refractivity contribution in [1.29, 1.82) is 0 Å². The summed E-state index contributed by atoms with van der Waals surface area (Å²) in [6.45, 7) is 2.25. The molecule has 0 saturated heterocycles. The quantitative estimate of drug-likeness (QED) is 0.658. The highest BCUT2D eigenvalue weighted by Gasteiger charge is 2.44. The summed E-state index contributed by atoms with van der Waals surface area (Å²) in [6.07, 6.45) is 3.53. The number of aromatic hydroxyl groups is 1. The van der Waals surface area contributed by atoms with Gasteiger partial charge in [-0.05, 0) is 55.0 Å². The predicted octanol–water partition coefficient (Wildman–Crippen LogP) is 4.49. The van der Waals surface area contributed by atoms with Gasteiger partial charge in [0, 0.05) is 0 Å². The van der Waals surface area contributed by atoms with E-state index in [0.717, 1.165) is 6.16 Å². The molecule has 0 bridgehead atoms. The summed E-state index contributed by atoms with van der Waals surface area (Å²) in [4.78, 5) is 0. The molecule has 122 valence electrons. The van der Waals surface area contributed by atoms with Gasteiger partial charge in [-0.2, -0.15) is 0 Å². The van der Waals surface area contributed by atoms with Gasteiger partial charge in [-0.3, -0.25) is 0 Å². The minimum Gasteiger partial charge on any atom is -0.508 e. The molecule has 3 aromatic rings. The van der Waals surface area contributed by atoms with Crippen molar-refractivity contribution < 1.29 is 5.11 Å². The highest BCUT2D eigenvalue weighted by molar-refractivity contribution is 7.95. The lowest BCUT2D eigenvalue weighted by Crippen LogP contribution is -2.33. The summed E-state index contributed by atoms with van der Waals surface area (Å²) in [5.74, 6) is 0.327. The van der Waals surface area contributed by atoms with Crippen molar-refractivity contribution in [1.82, 2.24) is 0 Å². The Morgan fingerprint density at radius 3 is 1.58 bits per heavy atom. The maximum Gasteiger partial charge on any atom is 0.115 e. The molecule has 0 amide bonds. The number of unbranched alkanes of at least 4 members (excludes halogenated alkanes) is 1. The number of phenols is 1. The van der Waals surface area contributed by atoms with E-state index in [4.69, 9.17) is 0 Å². The van der Waals surface area contributed by atoms with E-state index < -0.39 is 7.26 Å². The van der Waals surface area contributed by atoms with E-state index in [-0.39, 0.29) is 0 Å². The molecule has 3 aromatic carbocycles. The van der Waals surface area contributed by atoms with Gasteiger partial charge in [0.05, 0.1) is 6.16 Å². The van der Waals surface area contributed by atoms with Crippen LogP contribution in [-0.2, 0) is 0 Å². The van der Waals surface area contributed by atoms with Crippen LogP contribution in [0.15, 0.2) is 84.9 Å². The summed E-state index contributed by atoms with van der Waals surface area (Å²) in [5.41, 5.74) is 0. The van der Waals surface area contributed by atoms with Crippen molar-refractivity contribution in [3.8, 4) is 5.75 Å². The fourth-order valence-electron chi connectivity index (χ4n) is 3.30. The lowest BCUT2D eigenvalue weighted by atomic mass is 10.3. The highest BCUT2D eigenvalue weighted by Crippen LogP contribution is 2.56. The fraction of sp³-hybridized carbons (Fsp3) is 0.182. The number of benzene rings is 3. The molecule has 2 heteroatoms. The third-order valence-corrected chi connectivity index (χ3v) is 9.06. The van der Waals surface area contributed by atoms with Crippen LogP contribution >= 0.6 is 7.26 Å². The van der Waals surface area contributed by atoms with Crippen molar-refractivity contribution in [2.45, 2.75) is 19.8 Å². The lowest BCUT2D eigenvalue weighted by molar-refractivity contribution is 0.475. The Morgan fingerprint density at radius 2 is 1.12 bits per heavy atom. The van der Waals surface area contributed by atoms with Crippen LogP contribution in [0.1, 0.15) is 19.8 Å². The third kappa shape index (κ3) is 3.23. The zero-order valence-electron chi connectivity index (χ0n) is 14.1. The van der Waals surface area contributed by atoms with E-state index in [1.165, 1.54) is 28.8 Å². The Labute approximate surface area is 145 Å². The molecule has 0 saturated carbocycles. The molecule has 0 unspecified atom stereocenters. The fourth-order valence-corrected chi connectivity index (χ4v) is 7.78. The molecule has 0 aliphatic rings. The van der Waals surface area contributed by atoms with Gasteiger partial charge in [0.15, 0.2) is 0 Å². The molecule has 0 atom stereocenters. The molecule has 1 N–H and O–H groups in total. The normalized spacial score (nSPS) is 11.4. The zero-order valence-corrected chi connectivity index (χ0v) is 15.0. The average Bonchev–Trinajstić information content (AvgIpc) is 2.65. The Kier molecular flexibility index (Phi) is 5.33. The van der Waals surface area contributed by atoms with Crippen molar-refractivity contribution in [3.63, 3.8) is 0 Å². The minimum absolute atomic E-state index is 0.327. The van der Waals surface area contributed by atoms with E-state index in [1.807, 2.05) is 12.1 Å². The van der Waals surface area contributed by atoms with Crippen LogP contribution in [0.5, 0.6) is 5.75 Å². The van der Waals surface area contributed by atoms with Gasteiger partial charge in [0.25, 0.3) is 0 Å². The first kappa shape index (κ1) is 16.7. The SMILES string of the molecule is CCCC[P+](c1ccccc1)(c1ccccc1)c1ccc(O)cc1. The summed E-state index contributed by atoms with van der Waals surface area (Å²) in [5, 5.41) is 13.9. The number of rotatable bonds is 6.